The summed E-state index contributed by atoms with van der Waals surface area (Å²) in [6, 6.07) is 16.2. The molecule has 0 spiro atoms. The van der Waals surface area contributed by atoms with E-state index in [4.69, 9.17) is 9.47 Å². The number of esters is 1. The fourth-order valence-electron chi connectivity index (χ4n) is 2.94. The predicted molar refractivity (Wildman–Crippen MR) is 98.9 cm³/mol. The summed E-state index contributed by atoms with van der Waals surface area (Å²) >= 11 is 0. The van der Waals surface area contributed by atoms with Crippen LogP contribution in [0, 0.1) is 0 Å². The van der Waals surface area contributed by atoms with E-state index in [0.29, 0.717) is 12.1 Å². The van der Waals surface area contributed by atoms with Gasteiger partial charge in [-0.2, -0.15) is 0 Å². The Labute approximate surface area is 153 Å². The number of hydrogen-bond acceptors (Lipinski definition) is 4. The summed E-state index contributed by atoms with van der Waals surface area (Å²) in [6.07, 6.45) is -0.118. The minimum atomic E-state index is -0.717. The second-order valence-corrected chi connectivity index (χ2v) is 7.29. The smallest absolute Gasteiger partial charge is 0.415 e. The van der Waals surface area contributed by atoms with Crippen LogP contribution in [-0.4, -0.2) is 23.7 Å². The Hall–Kier alpha value is -2.82. The second kappa shape index (κ2) is 7.20. The Morgan fingerprint density at radius 2 is 1.69 bits per heavy atom. The number of ether oxygens (including phenoxy) is 2. The van der Waals surface area contributed by atoms with Gasteiger partial charge >= 0.3 is 12.1 Å². The van der Waals surface area contributed by atoms with Crippen LogP contribution in [0.1, 0.15) is 31.9 Å². The molecule has 1 aliphatic rings. The summed E-state index contributed by atoms with van der Waals surface area (Å²) in [5.74, 6) is -0.434. The maximum atomic E-state index is 12.7. The van der Waals surface area contributed by atoms with Crippen molar-refractivity contribution in [2.24, 2.45) is 0 Å². The van der Waals surface area contributed by atoms with Crippen molar-refractivity contribution in [3.8, 4) is 0 Å². The molecule has 0 saturated carbocycles. The maximum Gasteiger partial charge on any atom is 0.415 e. The summed E-state index contributed by atoms with van der Waals surface area (Å²) in [5.41, 5.74) is 1.89. The van der Waals surface area contributed by atoms with Crippen LogP contribution < -0.4 is 4.90 Å². The maximum absolute atomic E-state index is 12.7. The number of carbonyl (C=O) groups is 2. The first-order chi connectivity index (χ1) is 12.3. The van der Waals surface area contributed by atoms with Gasteiger partial charge in [0.25, 0.3) is 0 Å². The van der Waals surface area contributed by atoms with E-state index in [1.165, 1.54) is 4.90 Å². The lowest BCUT2D eigenvalue weighted by molar-refractivity contribution is -0.146. The highest BCUT2D eigenvalue weighted by Crippen LogP contribution is 2.34. The summed E-state index contributed by atoms with van der Waals surface area (Å²) < 4.78 is 11.0. The van der Waals surface area contributed by atoms with Crippen LogP contribution >= 0.6 is 0 Å². The SMILES string of the molecule is CC(C)(C)OC(=O)N1c2ccccc2CC1C(=O)OCc1ccccc1. The number of para-hydroxylation sites is 1. The third-order valence-electron chi connectivity index (χ3n) is 4.06. The van der Waals surface area contributed by atoms with E-state index >= 15 is 0 Å². The van der Waals surface area contributed by atoms with Crippen LogP contribution in [0.2, 0.25) is 0 Å². The molecule has 0 aliphatic carbocycles. The highest BCUT2D eigenvalue weighted by molar-refractivity contribution is 5.99. The van der Waals surface area contributed by atoms with E-state index in [-0.39, 0.29) is 6.61 Å². The van der Waals surface area contributed by atoms with Gasteiger partial charge < -0.3 is 9.47 Å². The normalized spacial score (nSPS) is 16.1. The van der Waals surface area contributed by atoms with Crippen LogP contribution in [0.4, 0.5) is 10.5 Å². The fourth-order valence-corrected chi connectivity index (χ4v) is 2.94. The van der Waals surface area contributed by atoms with E-state index in [9.17, 15) is 9.59 Å². The molecule has 1 amide bonds. The zero-order valence-electron chi connectivity index (χ0n) is 15.3. The van der Waals surface area contributed by atoms with Crippen LogP contribution in [-0.2, 0) is 27.3 Å². The number of nitrogens with zero attached hydrogens (tertiary/aromatic N) is 1. The van der Waals surface area contributed by atoms with E-state index < -0.39 is 23.7 Å². The van der Waals surface area contributed by atoms with Gasteiger partial charge in [0.1, 0.15) is 18.2 Å². The summed E-state index contributed by atoms with van der Waals surface area (Å²) in [7, 11) is 0. The number of amides is 1. The van der Waals surface area contributed by atoms with Crippen molar-refractivity contribution in [2.75, 3.05) is 4.90 Å². The van der Waals surface area contributed by atoms with Crippen molar-refractivity contribution in [2.45, 2.75) is 45.4 Å². The molecule has 1 aliphatic heterocycles. The van der Waals surface area contributed by atoms with E-state index in [2.05, 4.69) is 0 Å². The van der Waals surface area contributed by atoms with Crippen LogP contribution in [0.5, 0.6) is 0 Å². The molecule has 2 aromatic rings. The first-order valence-electron chi connectivity index (χ1n) is 8.66. The molecule has 1 heterocycles. The standard InChI is InChI=1S/C21H23NO4/c1-21(2,3)26-20(24)22-17-12-8-7-11-16(17)13-18(22)19(23)25-14-15-9-5-4-6-10-15/h4-12,18H,13-14H2,1-3H3. The average Bonchev–Trinajstić information content (AvgIpc) is 2.99. The molecule has 2 aromatic carbocycles. The number of carbonyl (C=O) groups excluding carboxylic acids is 2. The molecular formula is C21H23NO4. The van der Waals surface area contributed by atoms with Crippen LogP contribution in [0.25, 0.3) is 0 Å². The second-order valence-electron chi connectivity index (χ2n) is 7.29. The first kappa shape index (κ1) is 18.0. The highest BCUT2D eigenvalue weighted by atomic mass is 16.6. The van der Waals surface area contributed by atoms with Gasteiger partial charge in [-0.3, -0.25) is 4.90 Å². The number of benzene rings is 2. The molecule has 0 saturated heterocycles. The summed E-state index contributed by atoms with van der Waals surface area (Å²) in [6.45, 7) is 5.58. The molecule has 1 atom stereocenters. The van der Waals surface area contributed by atoms with Crippen molar-refractivity contribution >= 4 is 17.7 Å². The molecule has 26 heavy (non-hydrogen) atoms. The molecule has 3 rings (SSSR count). The van der Waals surface area contributed by atoms with Gasteiger partial charge in [0, 0.05) is 6.42 Å². The van der Waals surface area contributed by atoms with Gasteiger partial charge in [-0.15, -0.1) is 0 Å². The highest BCUT2D eigenvalue weighted by Gasteiger charge is 2.41. The van der Waals surface area contributed by atoms with Gasteiger partial charge in [0.2, 0.25) is 0 Å². The minimum absolute atomic E-state index is 0.175. The van der Waals surface area contributed by atoms with Gasteiger partial charge in [0.15, 0.2) is 0 Å². The molecule has 1 unspecified atom stereocenters. The van der Waals surface area contributed by atoms with Crippen molar-refractivity contribution in [3.05, 3.63) is 65.7 Å². The largest absolute Gasteiger partial charge is 0.459 e. The molecule has 0 radical (unpaired) electrons. The third-order valence-corrected chi connectivity index (χ3v) is 4.06. The monoisotopic (exact) mass is 353 g/mol. The Bertz CT molecular complexity index is 795. The minimum Gasteiger partial charge on any atom is -0.459 e. The van der Waals surface area contributed by atoms with Gasteiger partial charge in [-0.25, -0.2) is 9.59 Å². The van der Waals surface area contributed by atoms with E-state index in [1.54, 1.807) is 20.8 Å². The Balaban J connectivity index is 1.78. The van der Waals surface area contributed by atoms with Crippen molar-refractivity contribution < 1.29 is 19.1 Å². The number of rotatable bonds is 3. The zero-order chi connectivity index (χ0) is 18.7. The van der Waals surface area contributed by atoms with Crippen molar-refractivity contribution in [1.29, 1.82) is 0 Å². The summed E-state index contributed by atoms with van der Waals surface area (Å²) in [4.78, 5) is 26.8. The zero-order valence-corrected chi connectivity index (χ0v) is 15.3. The van der Waals surface area contributed by atoms with Crippen LogP contribution in [0.3, 0.4) is 0 Å². The molecule has 5 nitrogen and oxygen atoms in total. The van der Waals surface area contributed by atoms with Gasteiger partial charge in [-0.1, -0.05) is 48.5 Å². The molecule has 0 fully saturated rings. The average molecular weight is 353 g/mol. The molecule has 136 valence electrons. The third kappa shape index (κ3) is 4.04. The molecule has 0 N–H and O–H groups in total. The summed E-state index contributed by atoms with van der Waals surface area (Å²) in [5, 5.41) is 0. The molecule has 0 bridgehead atoms. The molecular weight excluding hydrogens is 330 g/mol. The van der Waals surface area contributed by atoms with Gasteiger partial charge in [0.05, 0.1) is 5.69 Å². The first-order valence-corrected chi connectivity index (χ1v) is 8.66. The lowest BCUT2D eigenvalue weighted by Gasteiger charge is -2.28. The van der Waals surface area contributed by atoms with Crippen molar-refractivity contribution in [3.63, 3.8) is 0 Å². The topological polar surface area (TPSA) is 55.8 Å². The van der Waals surface area contributed by atoms with Crippen LogP contribution in [0.15, 0.2) is 54.6 Å². The lowest BCUT2D eigenvalue weighted by atomic mass is 10.1. The van der Waals surface area contributed by atoms with E-state index in [1.807, 2.05) is 54.6 Å². The molecule has 5 heteroatoms. The Morgan fingerprint density at radius 3 is 2.38 bits per heavy atom. The molecule has 0 aromatic heterocycles. The quantitative estimate of drug-likeness (QED) is 0.780. The Morgan fingerprint density at radius 1 is 1.04 bits per heavy atom. The number of hydrogen-bond donors (Lipinski definition) is 0. The van der Waals surface area contributed by atoms with Gasteiger partial charge in [-0.05, 0) is 38.0 Å². The van der Waals surface area contributed by atoms with E-state index in [0.717, 1.165) is 11.1 Å². The van der Waals surface area contributed by atoms with Crippen molar-refractivity contribution in [1.82, 2.24) is 0 Å². The lowest BCUT2D eigenvalue weighted by Crippen LogP contribution is -2.46. The number of anilines is 1. The number of fused-ring (bicyclic) bond motifs is 1. The predicted octanol–water partition coefficient (Wildman–Crippen LogP) is 4.10. The fraction of sp³-hybridized carbons (Fsp3) is 0.333. The Kier molecular flexibility index (Phi) is 4.98.